The Hall–Kier alpha value is -5.68. The molecule has 0 saturated carbocycles. The first-order chi connectivity index (χ1) is 31.9. The number of hydrogen-bond acceptors (Lipinski definition) is 6. The summed E-state index contributed by atoms with van der Waals surface area (Å²) >= 11 is 0. The summed E-state index contributed by atoms with van der Waals surface area (Å²) in [6.45, 7) is 26.0. The molecule has 0 bridgehead atoms. The molecule has 6 aromatic carbocycles. The number of para-hydroxylation sites is 2. The first-order valence-electron chi connectivity index (χ1n) is 23.5. The molecular weight excluding hydrogens is 1230 g/mol. The van der Waals surface area contributed by atoms with E-state index in [1.807, 2.05) is 56.6 Å². The van der Waals surface area contributed by atoms with Crippen LogP contribution in [0.15, 0.2) is 109 Å². The quantitative estimate of drug-likeness (QED) is 0.161. The van der Waals surface area contributed by atoms with E-state index < -0.39 is 0 Å². The SMILES string of the molecule is Cn1c(-c2cc(C(C)(C)C)cc(C(C)(C)C)c2O)nc2c(-c3[c-]c(-c4cc(-c5[c-]c(-c6cccc7c6nc(-c6cc(C(C)(C)C)cc(C(C)(C)C)c6O)n7C)ccc5)ncn4)ccc3)cccc21.[Pt].[Pt]. The first kappa shape index (κ1) is 52.1. The molecule has 0 saturated heterocycles. The van der Waals surface area contributed by atoms with Gasteiger partial charge in [-0.2, -0.15) is 0 Å². The fourth-order valence-corrected chi connectivity index (χ4v) is 9.17. The summed E-state index contributed by atoms with van der Waals surface area (Å²) in [5.41, 5.74) is 15.0. The number of aromatic hydroxyl groups is 2. The largest absolute Gasteiger partial charge is 0.507 e. The molecule has 0 fully saturated rings. The minimum Gasteiger partial charge on any atom is -0.507 e. The summed E-state index contributed by atoms with van der Waals surface area (Å²) in [7, 11) is 4.02. The van der Waals surface area contributed by atoms with Crippen LogP contribution in [-0.2, 0) is 77.9 Å². The molecule has 0 amide bonds. The van der Waals surface area contributed by atoms with Crippen LogP contribution in [0.2, 0.25) is 0 Å². The van der Waals surface area contributed by atoms with Crippen LogP contribution in [0.4, 0.5) is 0 Å². The Morgan fingerprint density at radius 1 is 0.429 bits per heavy atom. The van der Waals surface area contributed by atoms with Gasteiger partial charge in [0.15, 0.2) is 0 Å². The Kier molecular flexibility index (Phi) is 14.0. The predicted molar refractivity (Wildman–Crippen MR) is 279 cm³/mol. The van der Waals surface area contributed by atoms with Crippen LogP contribution in [0.25, 0.3) is 89.6 Å². The summed E-state index contributed by atoms with van der Waals surface area (Å²) < 4.78 is 4.15. The van der Waals surface area contributed by atoms with Gasteiger partial charge in [0.25, 0.3) is 0 Å². The van der Waals surface area contributed by atoms with Crippen LogP contribution in [0, 0.1) is 12.1 Å². The molecule has 8 nitrogen and oxygen atoms in total. The second-order valence-corrected chi connectivity index (χ2v) is 22.4. The van der Waals surface area contributed by atoms with Gasteiger partial charge in [-0.25, -0.2) is 9.97 Å². The number of aromatic nitrogens is 6. The van der Waals surface area contributed by atoms with E-state index in [4.69, 9.17) is 19.9 Å². The van der Waals surface area contributed by atoms with E-state index in [1.54, 1.807) is 6.33 Å². The molecule has 0 aliphatic heterocycles. The maximum atomic E-state index is 11.8. The van der Waals surface area contributed by atoms with E-state index in [2.05, 4.69) is 165 Å². The van der Waals surface area contributed by atoms with E-state index >= 15 is 0 Å². The standard InChI is InChI=1S/C60H62N6O2.2Pt/c1-57(2,3)39-29-43(53(67)45(31-39)59(7,8)9)55-63-51-41(23-17-25-49(51)65(55)13)35-19-15-21-37(27-35)47-33-48(62-34-61-47)38-22-16-20-36(28-38)42-24-18-26-50-52(42)64-56(66(50)14)44-30-40(58(4,5)6)32-46(54(44)68)60(10,11)12;;/h15-26,29-34,67-68H,1-14H3;;/q-2;;. The Bertz CT molecular complexity index is 3220. The van der Waals surface area contributed by atoms with E-state index in [0.29, 0.717) is 11.6 Å². The third-order valence-corrected chi connectivity index (χ3v) is 13.3. The average molecular weight is 1290 g/mol. The number of fused-ring (bicyclic) bond motifs is 2. The number of phenols is 2. The Balaban J connectivity index is 0.00000361. The minimum atomic E-state index is -0.269. The maximum absolute atomic E-state index is 11.8. The Labute approximate surface area is 442 Å². The molecule has 0 aliphatic carbocycles. The number of benzene rings is 6. The summed E-state index contributed by atoms with van der Waals surface area (Å²) in [6, 6.07) is 42.4. The predicted octanol–water partition coefficient (Wildman–Crippen LogP) is 14.4. The van der Waals surface area contributed by atoms with Gasteiger partial charge in [-0.1, -0.05) is 148 Å². The van der Waals surface area contributed by atoms with Crippen molar-refractivity contribution in [2.24, 2.45) is 14.1 Å². The van der Waals surface area contributed by atoms with Crippen molar-refractivity contribution in [2.45, 2.75) is 105 Å². The molecule has 3 aromatic heterocycles. The molecule has 9 aromatic rings. The zero-order valence-electron chi connectivity index (χ0n) is 42.6. The van der Waals surface area contributed by atoms with Crippen LogP contribution < -0.4 is 0 Å². The summed E-state index contributed by atoms with van der Waals surface area (Å²) in [5.74, 6) is 1.93. The van der Waals surface area contributed by atoms with Crippen molar-refractivity contribution in [1.82, 2.24) is 29.1 Å². The summed E-state index contributed by atoms with van der Waals surface area (Å²) in [6.07, 6.45) is 1.59. The molecule has 0 radical (unpaired) electrons. The van der Waals surface area contributed by atoms with Crippen molar-refractivity contribution in [3.63, 3.8) is 0 Å². The molecule has 10 heteroatoms. The van der Waals surface area contributed by atoms with Crippen molar-refractivity contribution < 1.29 is 52.3 Å². The van der Waals surface area contributed by atoms with Crippen LogP contribution >= 0.6 is 0 Å². The second kappa shape index (κ2) is 18.8. The summed E-state index contributed by atoms with van der Waals surface area (Å²) in [5, 5.41) is 23.6. The number of hydrogen-bond donors (Lipinski definition) is 2. The van der Waals surface area contributed by atoms with Gasteiger partial charge in [-0.3, -0.25) is 9.97 Å². The maximum Gasteiger partial charge on any atom is 0.143 e. The third kappa shape index (κ3) is 9.59. The summed E-state index contributed by atoms with van der Waals surface area (Å²) in [4.78, 5) is 20.0. The fraction of sp³-hybridized carbons (Fsp3) is 0.300. The zero-order chi connectivity index (χ0) is 48.8. The Morgan fingerprint density at radius 3 is 1.14 bits per heavy atom. The van der Waals surface area contributed by atoms with Crippen LogP contribution in [0.3, 0.4) is 0 Å². The molecule has 366 valence electrons. The fourth-order valence-electron chi connectivity index (χ4n) is 9.17. The van der Waals surface area contributed by atoms with Crippen LogP contribution in [-0.4, -0.2) is 39.3 Å². The number of nitrogens with zero attached hydrogens (tertiary/aromatic N) is 6. The van der Waals surface area contributed by atoms with Crippen molar-refractivity contribution in [3.8, 4) is 79.0 Å². The topological polar surface area (TPSA) is 102 Å². The number of imidazole rings is 2. The molecule has 0 aliphatic rings. The van der Waals surface area contributed by atoms with E-state index in [9.17, 15) is 10.2 Å². The van der Waals surface area contributed by atoms with Gasteiger partial charge in [0.05, 0.1) is 39.5 Å². The van der Waals surface area contributed by atoms with E-state index in [0.717, 1.165) is 100 Å². The van der Waals surface area contributed by atoms with Crippen molar-refractivity contribution in [3.05, 3.63) is 144 Å². The second-order valence-electron chi connectivity index (χ2n) is 22.4. The van der Waals surface area contributed by atoms with Crippen molar-refractivity contribution in [1.29, 1.82) is 0 Å². The molecule has 0 atom stereocenters. The van der Waals surface area contributed by atoms with Gasteiger partial charge in [-0.15, -0.1) is 59.7 Å². The normalized spacial score (nSPS) is 12.3. The van der Waals surface area contributed by atoms with Gasteiger partial charge < -0.3 is 19.3 Å². The Morgan fingerprint density at radius 2 is 0.786 bits per heavy atom. The van der Waals surface area contributed by atoms with Gasteiger partial charge >= 0.3 is 0 Å². The molecule has 3 heterocycles. The molecular formula is C60H62N6O2Pt2-2. The first-order valence-corrected chi connectivity index (χ1v) is 23.5. The smallest absolute Gasteiger partial charge is 0.143 e. The van der Waals surface area contributed by atoms with Gasteiger partial charge in [0.1, 0.15) is 23.1 Å². The van der Waals surface area contributed by atoms with E-state index in [-0.39, 0.29) is 75.3 Å². The number of rotatable bonds is 6. The van der Waals surface area contributed by atoms with Crippen LogP contribution in [0.1, 0.15) is 105 Å². The van der Waals surface area contributed by atoms with Crippen molar-refractivity contribution >= 4 is 22.1 Å². The van der Waals surface area contributed by atoms with Gasteiger partial charge in [-0.05, 0) is 57.1 Å². The average Bonchev–Trinajstić information content (AvgIpc) is 3.80. The van der Waals surface area contributed by atoms with Crippen molar-refractivity contribution in [2.75, 3.05) is 0 Å². The number of phenolic OH excluding ortho intramolecular Hbond substituents is 2. The molecule has 0 unspecified atom stereocenters. The number of aryl methyl sites for hydroxylation is 2. The monoisotopic (exact) mass is 1290 g/mol. The minimum absolute atomic E-state index is 0. The zero-order valence-corrected chi connectivity index (χ0v) is 47.1. The van der Waals surface area contributed by atoms with Gasteiger partial charge in [0, 0.05) is 78.7 Å². The molecule has 9 rings (SSSR count). The molecule has 2 N–H and O–H groups in total. The van der Waals surface area contributed by atoms with E-state index in [1.165, 1.54) is 0 Å². The van der Waals surface area contributed by atoms with Gasteiger partial charge in [0.2, 0.25) is 0 Å². The molecule has 70 heavy (non-hydrogen) atoms. The third-order valence-electron chi connectivity index (χ3n) is 13.3. The molecule has 0 spiro atoms. The van der Waals surface area contributed by atoms with Crippen LogP contribution in [0.5, 0.6) is 11.5 Å².